The lowest BCUT2D eigenvalue weighted by Crippen LogP contribution is -2.23. The van der Waals surface area contributed by atoms with Gasteiger partial charge < -0.3 is 5.32 Å². The summed E-state index contributed by atoms with van der Waals surface area (Å²) in [5.74, 6) is 0.0760. The van der Waals surface area contributed by atoms with Crippen LogP contribution in [-0.2, 0) is 24.8 Å². The maximum Gasteiger partial charge on any atom is 0.220 e. The van der Waals surface area contributed by atoms with Crippen LogP contribution in [0.5, 0.6) is 0 Å². The van der Waals surface area contributed by atoms with Gasteiger partial charge in [0, 0.05) is 25.7 Å². The molecule has 2 rings (SSSR count). The molecule has 0 aliphatic heterocycles. The first kappa shape index (κ1) is 13.3. The van der Waals surface area contributed by atoms with Crippen LogP contribution in [0.25, 0.3) is 0 Å². The lowest BCUT2D eigenvalue weighted by molar-refractivity contribution is -0.121. The predicted octanol–water partition coefficient (Wildman–Crippen LogP) is 1.98. The minimum atomic E-state index is 0.0760. The first-order valence-electron chi connectivity index (χ1n) is 6.45. The molecule has 1 heterocycles. The van der Waals surface area contributed by atoms with Gasteiger partial charge in [0.2, 0.25) is 5.91 Å². The van der Waals surface area contributed by atoms with Gasteiger partial charge in [-0.25, -0.2) is 0 Å². The van der Waals surface area contributed by atoms with E-state index in [1.54, 1.807) is 0 Å². The van der Waals surface area contributed by atoms with E-state index in [4.69, 9.17) is 0 Å². The molecule has 100 valence electrons. The molecule has 1 amide bonds. The zero-order valence-electron chi connectivity index (χ0n) is 11.4. The summed E-state index contributed by atoms with van der Waals surface area (Å²) < 4.78 is 1.83. The maximum atomic E-state index is 11.8. The number of benzene rings is 1. The number of nitrogens with one attached hydrogen (secondary N) is 1. The van der Waals surface area contributed by atoms with E-state index in [9.17, 15) is 4.79 Å². The van der Waals surface area contributed by atoms with E-state index in [0.717, 1.165) is 23.2 Å². The number of hydrogen-bond donors (Lipinski definition) is 1. The smallest absolute Gasteiger partial charge is 0.220 e. The Morgan fingerprint density at radius 3 is 2.68 bits per heavy atom. The summed E-state index contributed by atoms with van der Waals surface area (Å²) in [6.07, 6.45) is 3.07. The molecule has 1 aromatic carbocycles. The Hall–Kier alpha value is -2.10. The van der Waals surface area contributed by atoms with Crippen LogP contribution < -0.4 is 5.32 Å². The summed E-state index contributed by atoms with van der Waals surface area (Å²) in [7, 11) is 1.91. The van der Waals surface area contributed by atoms with Crippen LogP contribution in [0.15, 0.2) is 36.5 Å². The third-order valence-electron chi connectivity index (χ3n) is 3.29. The van der Waals surface area contributed by atoms with Crippen molar-refractivity contribution in [1.82, 2.24) is 15.1 Å². The zero-order chi connectivity index (χ0) is 13.7. The molecule has 4 heteroatoms. The Balaban J connectivity index is 1.78. The summed E-state index contributed by atoms with van der Waals surface area (Å²) in [6, 6.07) is 9.93. The highest BCUT2D eigenvalue weighted by Gasteiger charge is 2.07. The molecule has 0 saturated heterocycles. The van der Waals surface area contributed by atoms with Crippen LogP contribution in [0, 0.1) is 6.92 Å². The molecule has 19 heavy (non-hydrogen) atoms. The van der Waals surface area contributed by atoms with Gasteiger partial charge in [0.15, 0.2) is 0 Å². The maximum absolute atomic E-state index is 11.8. The van der Waals surface area contributed by atoms with Crippen LogP contribution in [0.4, 0.5) is 0 Å². The first-order chi connectivity index (χ1) is 9.16. The Bertz CT molecular complexity index is 546. The highest BCUT2D eigenvalue weighted by molar-refractivity contribution is 5.76. The molecule has 0 spiro atoms. The first-order valence-corrected chi connectivity index (χ1v) is 6.45. The van der Waals surface area contributed by atoms with E-state index in [-0.39, 0.29) is 5.91 Å². The quantitative estimate of drug-likeness (QED) is 0.890. The molecule has 0 bridgehead atoms. The van der Waals surface area contributed by atoms with Crippen LogP contribution in [0.3, 0.4) is 0 Å². The molecule has 0 aliphatic carbocycles. The van der Waals surface area contributed by atoms with Gasteiger partial charge in [0.05, 0.1) is 6.20 Å². The van der Waals surface area contributed by atoms with Crippen LogP contribution in [0.2, 0.25) is 0 Å². The fraction of sp³-hybridized carbons (Fsp3) is 0.333. The van der Waals surface area contributed by atoms with Gasteiger partial charge in [0.1, 0.15) is 0 Å². The van der Waals surface area contributed by atoms with Gasteiger partial charge in [0.25, 0.3) is 0 Å². The highest BCUT2D eigenvalue weighted by Crippen LogP contribution is 2.08. The number of nitrogens with zero attached hydrogens (tertiary/aromatic N) is 2. The van der Waals surface area contributed by atoms with Gasteiger partial charge in [-0.05, 0) is 24.5 Å². The number of aromatic nitrogens is 2. The average molecular weight is 257 g/mol. The SMILES string of the molecule is Cc1c(CCC(=O)NCc2ccccc2)cnn1C. The Morgan fingerprint density at radius 1 is 1.32 bits per heavy atom. The molecule has 0 saturated carbocycles. The van der Waals surface area contributed by atoms with Gasteiger partial charge in [-0.15, -0.1) is 0 Å². The summed E-state index contributed by atoms with van der Waals surface area (Å²) in [5.41, 5.74) is 3.38. The number of amides is 1. The number of aryl methyl sites for hydroxylation is 2. The third-order valence-corrected chi connectivity index (χ3v) is 3.29. The number of carbonyl (C=O) groups is 1. The molecule has 0 atom stereocenters. The molecule has 2 aromatic rings. The van der Waals surface area contributed by atoms with Crippen molar-refractivity contribution in [1.29, 1.82) is 0 Å². The van der Waals surface area contributed by atoms with Crippen molar-refractivity contribution in [2.45, 2.75) is 26.3 Å². The second kappa shape index (κ2) is 6.18. The molecular formula is C15H19N3O. The number of hydrogen-bond acceptors (Lipinski definition) is 2. The lowest BCUT2D eigenvalue weighted by atomic mass is 10.1. The van der Waals surface area contributed by atoms with Crippen molar-refractivity contribution in [3.8, 4) is 0 Å². The van der Waals surface area contributed by atoms with Crippen LogP contribution >= 0.6 is 0 Å². The normalized spacial score (nSPS) is 10.4. The molecule has 0 unspecified atom stereocenters. The topological polar surface area (TPSA) is 46.9 Å². The van der Waals surface area contributed by atoms with E-state index in [0.29, 0.717) is 13.0 Å². The minimum absolute atomic E-state index is 0.0760. The molecular weight excluding hydrogens is 238 g/mol. The second-order valence-electron chi connectivity index (χ2n) is 4.64. The Labute approximate surface area is 113 Å². The average Bonchev–Trinajstić information content (AvgIpc) is 2.75. The predicted molar refractivity (Wildman–Crippen MR) is 74.6 cm³/mol. The van der Waals surface area contributed by atoms with E-state index in [1.807, 2.05) is 55.2 Å². The minimum Gasteiger partial charge on any atom is -0.352 e. The summed E-state index contributed by atoms with van der Waals surface area (Å²) in [6.45, 7) is 2.61. The van der Waals surface area contributed by atoms with Crippen molar-refractivity contribution in [3.05, 3.63) is 53.3 Å². The van der Waals surface area contributed by atoms with Crippen molar-refractivity contribution in [2.24, 2.45) is 7.05 Å². The summed E-state index contributed by atoms with van der Waals surface area (Å²) in [5, 5.41) is 7.10. The standard InChI is InChI=1S/C15H19N3O/c1-12-14(11-17-18(12)2)8-9-15(19)16-10-13-6-4-3-5-7-13/h3-7,11H,8-10H2,1-2H3,(H,16,19). The van der Waals surface area contributed by atoms with Crippen molar-refractivity contribution < 1.29 is 4.79 Å². The monoisotopic (exact) mass is 257 g/mol. The van der Waals surface area contributed by atoms with E-state index >= 15 is 0 Å². The van der Waals surface area contributed by atoms with Crippen molar-refractivity contribution >= 4 is 5.91 Å². The van der Waals surface area contributed by atoms with Crippen molar-refractivity contribution in [3.63, 3.8) is 0 Å². The van der Waals surface area contributed by atoms with Crippen LogP contribution in [-0.4, -0.2) is 15.7 Å². The largest absolute Gasteiger partial charge is 0.352 e. The van der Waals surface area contributed by atoms with Gasteiger partial charge in [-0.2, -0.15) is 5.10 Å². The molecule has 0 aliphatic rings. The molecule has 4 nitrogen and oxygen atoms in total. The van der Waals surface area contributed by atoms with E-state index in [2.05, 4.69) is 10.4 Å². The fourth-order valence-electron chi connectivity index (χ4n) is 1.92. The third kappa shape index (κ3) is 3.68. The number of carbonyl (C=O) groups excluding carboxylic acids is 1. The van der Waals surface area contributed by atoms with Crippen LogP contribution in [0.1, 0.15) is 23.2 Å². The Morgan fingerprint density at radius 2 is 2.05 bits per heavy atom. The highest BCUT2D eigenvalue weighted by atomic mass is 16.1. The van der Waals surface area contributed by atoms with Crippen molar-refractivity contribution in [2.75, 3.05) is 0 Å². The molecule has 0 radical (unpaired) electrons. The van der Waals surface area contributed by atoms with Gasteiger partial charge in [-0.1, -0.05) is 30.3 Å². The van der Waals surface area contributed by atoms with Gasteiger partial charge >= 0.3 is 0 Å². The van der Waals surface area contributed by atoms with E-state index < -0.39 is 0 Å². The molecule has 1 N–H and O–H groups in total. The Kier molecular flexibility index (Phi) is 4.34. The fourth-order valence-corrected chi connectivity index (χ4v) is 1.92. The lowest BCUT2D eigenvalue weighted by Gasteiger charge is -2.05. The summed E-state index contributed by atoms with van der Waals surface area (Å²) in [4.78, 5) is 11.8. The second-order valence-corrected chi connectivity index (χ2v) is 4.64. The zero-order valence-corrected chi connectivity index (χ0v) is 11.4. The molecule has 0 fully saturated rings. The van der Waals surface area contributed by atoms with Gasteiger partial charge in [-0.3, -0.25) is 9.48 Å². The molecule has 1 aromatic heterocycles. The van der Waals surface area contributed by atoms with E-state index in [1.165, 1.54) is 0 Å². The summed E-state index contributed by atoms with van der Waals surface area (Å²) >= 11 is 0. The number of rotatable bonds is 5.